The summed E-state index contributed by atoms with van der Waals surface area (Å²) in [6.45, 7) is 15.7. The minimum Gasteiger partial charge on any atom is -0.457 e. The molecule has 67 heavy (non-hydrogen) atoms. The van der Waals surface area contributed by atoms with E-state index in [1.54, 1.807) is 107 Å². The highest BCUT2D eigenvalue weighted by molar-refractivity contribution is 6.12. The monoisotopic (exact) mass is 903 g/mol. The molecule has 2 aromatic carbocycles. The molecule has 0 unspecified atom stereocenters. The highest BCUT2D eigenvalue weighted by Crippen LogP contribution is 2.35. The molecule has 344 valence electrons. The summed E-state index contributed by atoms with van der Waals surface area (Å²) in [4.78, 5) is 38.8. The van der Waals surface area contributed by atoms with Crippen molar-refractivity contribution in [1.29, 1.82) is 0 Å². The average Bonchev–Trinajstić information content (AvgIpc) is 4.10. The van der Waals surface area contributed by atoms with Crippen molar-refractivity contribution in [2.45, 2.75) is 66.2 Å². The fourth-order valence-electron chi connectivity index (χ4n) is 6.99. The Kier molecular flexibility index (Phi) is 12.1. The molecular weight excluding hydrogens is 851 g/mol. The van der Waals surface area contributed by atoms with E-state index in [-0.39, 0.29) is 11.7 Å². The van der Waals surface area contributed by atoms with Gasteiger partial charge in [0.2, 0.25) is 0 Å². The second-order valence-electron chi connectivity index (χ2n) is 18.3. The number of nitrogens with one attached hydrogen (secondary N) is 2. The average molecular weight is 904 g/mol. The molecule has 18 heteroatoms. The third kappa shape index (κ3) is 10.2. The molecule has 8 rings (SSSR count). The molecule has 2 N–H and O–H groups in total. The number of aryl methyl sites for hydroxylation is 5. The van der Waals surface area contributed by atoms with Crippen molar-refractivity contribution in [2.75, 3.05) is 20.7 Å². The first-order valence-corrected chi connectivity index (χ1v) is 21.5. The molecule has 6 aromatic heterocycles. The van der Waals surface area contributed by atoms with Gasteiger partial charge in [-0.25, -0.2) is 9.59 Å². The number of aromatic nitrogens is 9. The normalized spacial score (nSPS) is 11.6. The Balaban J connectivity index is 1.11. The Hall–Kier alpha value is -8.28. The van der Waals surface area contributed by atoms with Crippen molar-refractivity contribution >= 4 is 35.1 Å². The van der Waals surface area contributed by atoms with Gasteiger partial charge in [0.1, 0.15) is 23.0 Å². The van der Waals surface area contributed by atoms with Crippen molar-refractivity contribution < 1.29 is 23.6 Å². The standard InChI is InChI=1S/C49H53N13O5/c1-30-20-34(12-14-40(30)65-36-16-18-50-38(22-36)32-26-52-58(9)28-32)54-46(63)61(44-24-42(48(3,4)5)56-60(44)11)62(45-25-43(57-67-45)49(6,7)8)47(64)55-35-13-15-41(31(2)21-35)66-37-17-19-51-39(23-37)33-27-53-59(10)29-33/h12-29H,1-11H3,(H,54,63)(H,55,64). The molecule has 18 nitrogen and oxygen atoms in total. The first-order valence-electron chi connectivity index (χ1n) is 21.5. The number of carbonyl (C=O) groups is 2. The second kappa shape index (κ2) is 17.9. The lowest BCUT2D eigenvalue weighted by Crippen LogP contribution is -2.54. The zero-order valence-corrected chi connectivity index (χ0v) is 39.4. The molecule has 0 atom stereocenters. The van der Waals surface area contributed by atoms with Crippen molar-refractivity contribution in [2.24, 2.45) is 21.1 Å². The molecule has 6 heterocycles. The van der Waals surface area contributed by atoms with Gasteiger partial charge in [-0.2, -0.15) is 25.3 Å². The Labute approximate surface area is 388 Å². The Morgan fingerprint density at radius 1 is 0.627 bits per heavy atom. The summed E-state index contributed by atoms with van der Waals surface area (Å²) >= 11 is 0. The summed E-state index contributed by atoms with van der Waals surface area (Å²) in [5, 5.41) is 25.9. The lowest BCUT2D eigenvalue weighted by molar-refractivity contribution is 0.246. The molecule has 8 aromatic rings. The van der Waals surface area contributed by atoms with Crippen LogP contribution in [0, 0.1) is 13.8 Å². The predicted molar refractivity (Wildman–Crippen MR) is 255 cm³/mol. The van der Waals surface area contributed by atoms with E-state index in [4.69, 9.17) is 19.1 Å². The highest BCUT2D eigenvalue weighted by atomic mass is 16.5. The van der Waals surface area contributed by atoms with Crippen LogP contribution >= 0.6 is 0 Å². The highest BCUT2D eigenvalue weighted by Gasteiger charge is 2.37. The zero-order chi connectivity index (χ0) is 47.8. The van der Waals surface area contributed by atoms with E-state index < -0.39 is 22.9 Å². The van der Waals surface area contributed by atoms with E-state index in [0.29, 0.717) is 57.1 Å². The molecule has 0 fully saturated rings. The van der Waals surface area contributed by atoms with E-state index >= 15 is 0 Å². The number of hydrogen-bond donors (Lipinski definition) is 2. The Bertz CT molecular complexity index is 3090. The number of rotatable bonds is 10. The summed E-state index contributed by atoms with van der Waals surface area (Å²) in [5.74, 6) is 2.55. The van der Waals surface area contributed by atoms with Gasteiger partial charge in [-0.3, -0.25) is 24.0 Å². The van der Waals surface area contributed by atoms with Crippen molar-refractivity contribution in [1.82, 2.24) is 44.5 Å². The van der Waals surface area contributed by atoms with Gasteiger partial charge in [0, 0.05) is 104 Å². The third-order valence-electron chi connectivity index (χ3n) is 10.7. The van der Waals surface area contributed by atoms with Crippen molar-refractivity contribution in [3.8, 4) is 45.5 Å². The first kappa shape index (κ1) is 45.3. The number of nitrogens with zero attached hydrogens (tertiary/aromatic N) is 11. The molecule has 0 aliphatic heterocycles. The molecule has 0 saturated carbocycles. The van der Waals surface area contributed by atoms with Gasteiger partial charge >= 0.3 is 12.1 Å². The second-order valence-corrected chi connectivity index (χ2v) is 18.3. The van der Waals surface area contributed by atoms with Gasteiger partial charge in [0.05, 0.1) is 35.2 Å². The SMILES string of the molecule is Cc1cc(NC(=O)N(c2cc(C(C)(C)C)no2)N(C(=O)Nc2ccc(Oc3ccnc(-c4cnn(C)c4)c3)c(C)c2)c2cc(C(C)(C)C)nn2C)ccc1Oc1ccnc(-c2cnn(C)c2)c1. The van der Waals surface area contributed by atoms with Crippen LogP contribution < -0.4 is 30.1 Å². The molecule has 0 bridgehead atoms. The van der Waals surface area contributed by atoms with Crippen LogP contribution in [0.4, 0.5) is 32.7 Å². The maximum atomic E-state index is 15.0. The number of benzene rings is 2. The number of pyridine rings is 2. The van der Waals surface area contributed by atoms with E-state index in [1.807, 2.05) is 94.0 Å². The minimum absolute atomic E-state index is 0.0159. The summed E-state index contributed by atoms with van der Waals surface area (Å²) in [6.07, 6.45) is 10.6. The van der Waals surface area contributed by atoms with Crippen LogP contribution in [0.15, 0.2) is 115 Å². The fourth-order valence-corrected chi connectivity index (χ4v) is 6.99. The summed E-state index contributed by atoms with van der Waals surface area (Å²) in [7, 11) is 5.40. The molecule has 0 radical (unpaired) electrons. The van der Waals surface area contributed by atoms with Gasteiger partial charge in [0.25, 0.3) is 5.88 Å². The van der Waals surface area contributed by atoms with Crippen LogP contribution in [0.2, 0.25) is 0 Å². The van der Waals surface area contributed by atoms with Crippen LogP contribution in [0.3, 0.4) is 0 Å². The largest absolute Gasteiger partial charge is 0.457 e. The van der Waals surface area contributed by atoms with Gasteiger partial charge in [-0.15, -0.1) is 0 Å². The van der Waals surface area contributed by atoms with Crippen LogP contribution in [0.5, 0.6) is 23.0 Å². The molecule has 0 aliphatic rings. The Morgan fingerprint density at radius 3 is 1.54 bits per heavy atom. The smallest absolute Gasteiger partial charge is 0.348 e. The van der Waals surface area contributed by atoms with Gasteiger partial charge < -0.3 is 24.6 Å². The van der Waals surface area contributed by atoms with E-state index in [0.717, 1.165) is 27.3 Å². The van der Waals surface area contributed by atoms with Crippen molar-refractivity contribution in [3.63, 3.8) is 0 Å². The van der Waals surface area contributed by atoms with E-state index in [9.17, 15) is 9.59 Å². The maximum Gasteiger partial charge on any atom is 0.348 e. The molecule has 4 amide bonds. The topological polar surface area (TPSA) is 188 Å². The number of amides is 4. The van der Waals surface area contributed by atoms with Gasteiger partial charge in [-0.05, 0) is 73.5 Å². The molecular formula is C49H53N13O5. The lowest BCUT2D eigenvalue weighted by atomic mass is 9.92. The fraction of sp³-hybridized carbons (Fsp3) is 0.265. The number of urea groups is 2. The number of hydrogen-bond acceptors (Lipinski definition) is 11. The number of anilines is 4. The van der Waals surface area contributed by atoms with Gasteiger partial charge in [0.15, 0.2) is 5.82 Å². The van der Waals surface area contributed by atoms with Crippen molar-refractivity contribution in [3.05, 3.63) is 132 Å². The van der Waals surface area contributed by atoms with Crippen LogP contribution in [0.25, 0.3) is 22.5 Å². The van der Waals surface area contributed by atoms with E-state index in [1.165, 1.54) is 5.01 Å². The quantitative estimate of drug-likeness (QED) is 0.124. The van der Waals surface area contributed by atoms with E-state index in [2.05, 4.69) is 36.0 Å². The summed E-state index contributed by atoms with van der Waals surface area (Å²) < 4.78 is 23.5. The number of carbonyl (C=O) groups excluding carboxylic acids is 2. The maximum absolute atomic E-state index is 15.0. The third-order valence-corrected chi connectivity index (χ3v) is 10.7. The zero-order valence-electron chi connectivity index (χ0n) is 39.4. The summed E-state index contributed by atoms with van der Waals surface area (Å²) in [5.41, 5.74) is 5.85. The van der Waals surface area contributed by atoms with Crippen LogP contribution in [-0.4, -0.2) is 56.5 Å². The predicted octanol–water partition coefficient (Wildman–Crippen LogP) is 10.5. The summed E-state index contributed by atoms with van der Waals surface area (Å²) in [6, 6.07) is 19.7. The molecule has 0 aliphatic carbocycles. The van der Waals surface area contributed by atoms with Crippen LogP contribution in [-0.2, 0) is 32.0 Å². The van der Waals surface area contributed by atoms with Gasteiger partial charge in [-0.1, -0.05) is 46.7 Å². The minimum atomic E-state index is -0.725. The molecule has 0 spiro atoms. The van der Waals surface area contributed by atoms with Crippen LogP contribution in [0.1, 0.15) is 64.1 Å². The molecule has 0 saturated heterocycles. The number of ether oxygens (including phenoxy) is 2. The lowest BCUT2D eigenvalue weighted by Gasteiger charge is -2.32. The Morgan fingerprint density at radius 2 is 1.12 bits per heavy atom. The number of hydrazine groups is 1. The first-order chi connectivity index (χ1) is 31.8.